The van der Waals surface area contributed by atoms with Crippen LogP contribution in [0.2, 0.25) is 15.1 Å². The van der Waals surface area contributed by atoms with E-state index in [1.165, 1.54) is 14.2 Å². The maximum absolute atomic E-state index is 12.0. The third-order valence-corrected chi connectivity index (χ3v) is 6.55. The summed E-state index contributed by atoms with van der Waals surface area (Å²) in [4.78, 5) is 23.3. The lowest BCUT2D eigenvalue weighted by atomic mass is 10.1. The molecule has 3 rings (SSSR count). The lowest BCUT2D eigenvalue weighted by Gasteiger charge is -2.14. The van der Waals surface area contributed by atoms with E-state index in [1.807, 2.05) is 18.2 Å². The average molecular weight is 607 g/mol. The maximum atomic E-state index is 12.0. The molecule has 0 aliphatic carbocycles. The minimum absolute atomic E-state index is 0.259. The second kappa shape index (κ2) is 16.0. The zero-order chi connectivity index (χ0) is 28.9. The van der Waals surface area contributed by atoms with Crippen LogP contribution >= 0.6 is 34.8 Å². The van der Waals surface area contributed by atoms with Crippen LogP contribution in [0.3, 0.4) is 0 Å². The van der Waals surface area contributed by atoms with Crippen LogP contribution in [0.15, 0.2) is 66.7 Å². The highest BCUT2D eigenvalue weighted by Crippen LogP contribution is 2.37. The number of para-hydroxylation sites is 1. The van der Waals surface area contributed by atoms with E-state index < -0.39 is 5.97 Å². The van der Waals surface area contributed by atoms with E-state index in [1.54, 1.807) is 48.5 Å². The summed E-state index contributed by atoms with van der Waals surface area (Å²) in [5.41, 5.74) is 2.51. The SMILES string of the molecule is COC(=O)CCc1ccc(OCC/C=C/CCOc2c(Cl)cc(Nc3ccccc3C(=O)OC)cc2Cl)c(Cl)c1. The number of carbonyl (C=O) groups is 2. The van der Waals surface area contributed by atoms with E-state index in [4.69, 9.17) is 49.0 Å². The van der Waals surface area contributed by atoms with Crippen molar-refractivity contribution in [3.05, 3.63) is 92.9 Å². The van der Waals surface area contributed by atoms with Crippen molar-refractivity contribution in [2.75, 3.05) is 32.8 Å². The van der Waals surface area contributed by atoms with Crippen molar-refractivity contribution in [3.63, 3.8) is 0 Å². The van der Waals surface area contributed by atoms with Crippen molar-refractivity contribution in [2.45, 2.75) is 25.7 Å². The van der Waals surface area contributed by atoms with E-state index in [0.29, 0.717) is 82.4 Å². The number of anilines is 2. The summed E-state index contributed by atoms with van der Waals surface area (Å²) in [6.07, 6.45) is 6.18. The Morgan fingerprint density at radius 2 is 1.50 bits per heavy atom. The van der Waals surface area contributed by atoms with Crippen molar-refractivity contribution in [1.82, 2.24) is 0 Å². The number of methoxy groups -OCH3 is 2. The molecular formula is C30H30Cl3NO6. The molecular weight excluding hydrogens is 577 g/mol. The molecule has 10 heteroatoms. The van der Waals surface area contributed by atoms with Gasteiger partial charge in [-0.3, -0.25) is 4.79 Å². The van der Waals surface area contributed by atoms with Crippen LogP contribution in [-0.2, 0) is 20.7 Å². The largest absolute Gasteiger partial charge is 0.492 e. The quantitative estimate of drug-likeness (QED) is 0.113. The minimum Gasteiger partial charge on any atom is -0.492 e. The Labute approximate surface area is 248 Å². The zero-order valence-corrected chi connectivity index (χ0v) is 24.4. The van der Waals surface area contributed by atoms with E-state index in [9.17, 15) is 9.59 Å². The van der Waals surface area contributed by atoms with Crippen LogP contribution in [0, 0.1) is 0 Å². The fourth-order valence-corrected chi connectivity index (χ4v) is 4.53. The van der Waals surface area contributed by atoms with Gasteiger partial charge in [0.25, 0.3) is 0 Å². The third kappa shape index (κ3) is 9.37. The molecule has 7 nitrogen and oxygen atoms in total. The van der Waals surface area contributed by atoms with Gasteiger partial charge in [0.2, 0.25) is 0 Å². The Morgan fingerprint density at radius 1 is 0.825 bits per heavy atom. The van der Waals surface area contributed by atoms with Gasteiger partial charge < -0.3 is 24.3 Å². The van der Waals surface area contributed by atoms with E-state index >= 15 is 0 Å². The normalized spacial score (nSPS) is 10.8. The Bertz CT molecular complexity index is 1320. The summed E-state index contributed by atoms with van der Waals surface area (Å²) < 4.78 is 21.0. The Hall–Kier alpha value is -3.39. The van der Waals surface area contributed by atoms with Crippen LogP contribution in [0.25, 0.3) is 0 Å². The van der Waals surface area contributed by atoms with Crippen LogP contribution in [0.1, 0.15) is 35.2 Å². The molecule has 0 saturated carbocycles. The number of aryl methyl sites for hydroxylation is 1. The molecule has 0 saturated heterocycles. The number of carbonyl (C=O) groups excluding carboxylic acids is 2. The second-order valence-electron chi connectivity index (χ2n) is 8.52. The van der Waals surface area contributed by atoms with Crippen molar-refractivity contribution >= 4 is 58.1 Å². The van der Waals surface area contributed by atoms with Gasteiger partial charge in [0, 0.05) is 12.1 Å². The van der Waals surface area contributed by atoms with E-state index in [0.717, 1.165) is 5.56 Å². The topological polar surface area (TPSA) is 83.1 Å². The predicted octanol–water partition coefficient (Wildman–Crippen LogP) is 8.08. The first-order valence-corrected chi connectivity index (χ1v) is 13.6. The smallest absolute Gasteiger partial charge is 0.339 e. The first kappa shape index (κ1) is 31.1. The van der Waals surface area contributed by atoms with Crippen LogP contribution in [-0.4, -0.2) is 39.4 Å². The number of esters is 2. The molecule has 0 aliphatic rings. The molecule has 0 atom stereocenters. The number of benzene rings is 3. The standard InChI is InChI=1S/C30H30Cl3NO6/c1-37-28(35)14-12-20-11-13-27(23(31)17-20)39-15-7-3-4-8-16-40-29-24(32)18-21(19-25(29)33)34-26-10-6-5-9-22(26)30(36)38-2/h3-6,9-11,13,17-19,34H,7-8,12,14-16H2,1-2H3/b4-3+. The molecule has 0 fully saturated rings. The van der Waals surface area contributed by atoms with Gasteiger partial charge >= 0.3 is 11.9 Å². The number of hydrogen-bond acceptors (Lipinski definition) is 7. The van der Waals surface area contributed by atoms with Crippen LogP contribution in [0.4, 0.5) is 11.4 Å². The first-order chi connectivity index (χ1) is 19.3. The summed E-state index contributed by atoms with van der Waals surface area (Å²) >= 11 is 19.1. The summed E-state index contributed by atoms with van der Waals surface area (Å²) in [5.74, 6) is 0.268. The monoisotopic (exact) mass is 605 g/mol. The van der Waals surface area contributed by atoms with Crippen molar-refractivity contribution < 1.29 is 28.5 Å². The lowest BCUT2D eigenvalue weighted by Crippen LogP contribution is -2.05. The number of nitrogens with one attached hydrogen (secondary N) is 1. The fraction of sp³-hybridized carbons (Fsp3) is 0.267. The Balaban J connectivity index is 1.42. The van der Waals surface area contributed by atoms with Gasteiger partial charge in [-0.2, -0.15) is 0 Å². The third-order valence-electron chi connectivity index (χ3n) is 5.69. The summed E-state index contributed by atoms with van der Waals surface area (Å²) in [7, 11) is 2.70. The van der Waals surface area contributed by atoms with Crippen molar-refractivity contribution in [3.8, 4) is 11.5 Å². The highest BCUT2D eigenvalue weighted by atomic mass is 35.5. The Morgan fingerprint density at radius 3 is 2.15 bits per heavy atom. The molecule has 0 amide bonds. The molecule has 3 aromatic carbocycles. The van der Waals surface area contributed by atoms with Gasteiger partial charge in [0.1, 0.15) is 5.75 Å². The Kier molecular flexibility index (Phi) is 12.5. The minimum atomic E-state index is -0.452. The molecule has 1 N–H and O–H groups in total. The molecule has 0 unspecified atom stereocenters. The average Bonchev–Trinajstić information content (AvgIpc) is 2.95. The molecule has 0 bridgehead atoms. The van der Waals surface area contributed by atoms with E-state index in [2.05, 4.69) is 10.1 Å². The fourth-order valence-electron chi connectivity index (χ4n) is 3.67. The van der Waals surface area contributed by atoms with Gasteiger partial charge in [0.05, 0.1) is 53.8 Å². The number of hydrogen-bond donors (Lipinski definition) is 1. The molecule has 0 aromatic heterocycles. The molecule has 0 heterocycles. The van der Waals surface area contributed by atoms with Crippen molar-refractivity contribution in [1.29, 1.82) is 0 Å². The molecule has 0 spiro atoms. The first-order valence-electron chi connectivity index (χ1n) is 12.5. The number of ether oxygens (including phenoxy) is 4. The van der Waals surface area contributed by atoms with Crippen LogP contribution in [0.5, 0.6) is 11.5 Å². The molecule has 0 aliphatic heterocycles. The van der Waals surface area contributed by atoms with Gasteiger partial charge in [-0.05, 0) is 61.2 Å². The summed E-state index contributed by atoms with van der Waals surface area (Å²) in [5, 5.41) is 4.34. The highest BCUT2D eigenvalue weighted by Gasteiger charge is 2.14. The molecule has 3 aromatic rings. The van der Waals surface area contributed by atoms with Crippen molar-refractivity contribution in [2.24, 2.45) is 0 Å². The lowest BCUT2D eigenvalue weighted by molar-refractivity contribution is -0.140. The van der Waals surface area contributed by atoms with Gasteiger partial charge in [0.15, 0.2) is 5.75 Å². The predicted molar refractivity (Wildman–Crippen MR) is 159 cm³/mol. The van der Waals surface area contributed by atoms with E-state index in [-0.39, 0.29) is 5.97 Å². The summed E-state index contributed by atoms with van der Waals surface area (Å²) in [6.45, 7) is 0.845. The van der Waals surface area contributed by atoms with Gasteiger partial charge in [-0.15, -0.1) is 0 Å². The zero-order valence-electron chi connectivity index (χ0n) is 22.2. The van der Waals surface area contributed by atoms with Gasteiger partial charge in [-0.25, -0.2) is 4.79 Å². The molecule has 40 heavy (non-hydrogen) atoms. The second-order valence-corrected chi connectivity index (χ2v) is 9.74. The molecule has 212 valence electrons. The number of rotatable bonds is 14. The summed E-state index contributed by atoms with van der Waals surface area (Å²) in [6, 6.07) is 15.8. The maximum Gasteiger partial charge on any atom is 0.339 e. The highest BCUT2D eigenvalue weighted by molar-refractivity contribution is 6.37. The molecule has 0 radical (unpaired) electrons. The number of halogens is 3. The van der Waals surface area contributed by atoms with Crippen LogP contribution < -0.4 is 14.8 Å². The van der Waals surface area contributed by atoms with Gasteiger partial charge in [-0.1, -0.05) is 65.2 Å².